The standard InChI is InChI=1S/C21H29ClN4OS.HI/c1-3-18-13-24-19(28-18)14-25-20(23-4-2)26-15-21(8-10-27-11-9-21)16-6-5-7-17(22)12-16;/h5-7,12-13H,3-4,8-11,14-15H2,1-2H3,(H2,23,25,26);1H. The topological polar surface area (TPSA) is 58.5 Å². The normalized spacial score (nSPS) is 16.2. The van der Waals surface area contributed by atoms with Crippen LogP contribution in [0.25, 0.3) is 0 Å². The Morgan fingerprint density at radius 1 is 1.28 bits per heavy atom. The van der Waals surface area contributed by atoms with Crippen molar-refractivity contribution in [2.75, 3.05) is 26.3 Å². The fraction of sp³-hybridized carbons (Fsp3) is 0.524. The van der Waals surface area contributed by atoms with Gasteiger partial charge in [-0.3, -0.25) is 0 Å². The molecule has 1 saturated heterocycles. The third-order valence-corrected chi connectivity index (χ3v) is 6.51. The van der Waals surface area contributed by atoms with Crippen LogP contribution in [0, 0.1) is 0 Å². The lowest BCUT2D eigenvalue weighted by molar-refractivity contribution is 0.0514. The van der Waals surface area contributed by atoms with Gasteiger partial charge in [-0.15, -0.1) is 35.3 Å². The van der Waals surface area contributed by atoms with Crippen LogP contribution in [0.15, 0.2) is 35.5 Å². The van der Waals surface area contributed by atoms with Crippen LogP contribution in [-0.2, 0) is 23.1 Å². The highest BCUT2D eigenvalue weighted by Gasteiger charge is 2.34. The third-order valence-electron chi connectivity index (χ3n) is 5.15. The van der Waals surface area contributed by atoms with Crippen LogP contribution in [0.1, 0.15) is 42.1 Å². The zero-order valence-electron chi connectivity index (χ0n) is 17.0. The van der Waals surface area contributed by atoms with Crippen LogP contribution >= 0.6 is 46.9 Å². The molecule has 2 N–H and O–H groups in total. The maximum atomic E-state index is 6.28. The van der Waals surface area contributed by atoms with Crippen LogP contribution in [0.3, 0.4) is 0 Å². The number of nitrogens with zero attached hydrogens (tertiary/aromatic N) is 2. The molecule has 2 aromatic rings. The van der Waals surface area contributed by atoms with Gasteiger partial charge in [-0.1, -0.05) is 30.7 Å². The van der Waals surface area contributed by atoms with Crippen LogP contribution in [0.2, 0.25) is 5.02 Å². The molecule has 1 aliphatic heterocycles. The Balaban J connectivity index is 0.00000300. The Hall–Kier alpha value is -0.900. The number of aryl methyl sites for hydroxylation is 1. The van der Waals surface area contributed by atoms with Crippen molar-refractivity contribution in [3.05, 3.63) is 50.9 Å². The van der Waals surface area contributed by atoms with E-state index in [1.807, 2.05) is 18.3 Å². The van der Waals surface area contributed by atoms with Crippen molar-refractivity contribution in [1.29, 1.82) is 0 Å². The first-order chi connectivity index (χ1) is 13.6. The third kappa shape index (κ3) is 6.80. The zero-order valence-corrected chi connectivity index (χ0v) is 20.9. The molecule has 0 bridgehead atoms. The van der Waals surface area contributed by atoms with Gasteiger partial charge in [0.05, 0.1) is 6.54 Å². The molecule has 1 fully saturated rings. The summed E-state index contributed by atoms with van der Waals surface area (Å²) in [6.07, 6.45) is 4.90. The number of aliphatic imine (C=N–C) groups is 1. The second-order valence-corrected chi connectivity index (χ2v) is 8.66. The van der Waals surface area contributed by atoms with Gasteiger partial charge in [0.2, 0.25) is 0 Å². The van der Waals surface area contributed by atoms with Gasteiger partial charge in [0.15, 0.2) is 5.96 Å². The highest BCUT2D eigenvalue weighted by atomic mass is 127. The Labute approximate surface area is 199 Å². The summed E-state index contributed by atoms with van der Waals surface area (Å²) in [7, 11) is 0. The molecule has 0 unspecified atom stereocenters. The van der Waals surface area contributed by atoms with E-state index >= 15 is 0 Å². The summed E-state index contributed by atoms with van der Waals surface area (Å²) in [6, 6.07) is 8.21. The van der Waals surface area contributed by atoms with Gasteiger partial charge in [0.25, 0.3) is 0 Å². The molecule has 0 saturated carbocycles. The van der Waals surface area contributed by atoms with Gasteiger partial charge in [-0.2, -0.15) is 0 Å². The molecule has 8 heteroatoms. The predicted molar refractivity (Wildman–Crippen MR) is 133 cm³/mol. The van der Waals surface area contributed by atoms with Gasteiger partial charge < -0.3 is 15.4 Å². The molecule has 29 heavy (non-hydrogen) atoms. The van der Waals surface area contributed by atoms with E-state index in [2.05, 4.69) is 41.6 Å². The fourth-order valence-electron chi connectivity index (χ4n) is 3.47. The number of ether oxygens (including phenoxy) is 1. The summed E-state index contributed by atoms with van der Waals surface area (Å²) in [6.45, 7) is 7.96. The summed E-state index contributed by atoms with van der Waals surface area (Å²) >= 11 is 8.01. The molecule has 0 atom stereocenters. The molecule has 0 amide bonds. The zero-order chi connectivity index (χ0) is 19.8. The average Bonchev–Trinajstić information content (AvgIpc) is 3.19. The Morgan fingerprint density at radius 3 is 2.72 bits per heavy atom. The Kier molecular flexibility index (Phi) is 10.1. The minimum absolute atomic E-state index is 0. The molecule has 5 nitrogen and oxygen atoms in total. The number of guanidine groups is 1. The van der Waals surface area contributed by atoms with Crippen LogP contribution in [-0.4, -0.2) is 37.2 Å². The number of nitrogens with one attached hydrogen (secondary N) is 2. The summed E-state index contributed by atoms with van der Waals surface area (Å²) in [5, 5.41) is 8.73. The van der Waals surface area contributed by atoms with Crippen molar-refractivity contribution >= 4 is 52.9 Å². The molecule has 1 aliphatic rings. The molecule has 1 aromatic heterocycles. The Morgan fingerprint density at radius 2 is 2.07 bits per heavy atom. The lowest BCUT2D eigenvalue weighted by Gasteiger charge is -2.38. The van der Waals surface area contributed by atoms with Crippen molar-refractivity contribution < 1.29 is 4.74 Å². The highest BCUT2D eigenvalue weighted by molar-refractivity contribution is 14.0. The van der Waals surface area contributed by atoms with E-state index in [0.717, 1.165) is 61.6 Å². The van der Waals surface area contributed by atoms with Crippen molar-refractivity contribution in [3.8, 4) is 0 Å². The molecular formula is C21H30ClIN4OS. The summed E-state index contributed by atoms with van der Waals surface area (Å²) in [5.41, 5.74) is 1.26. The maximum absolute atomic E-state index is 6.28. The second kappa shape index (κ2) is 12.1. The van der Waals surface area contributed by atoms with E-state index in [4.69, 9.17) is 21.3 Å². The first kappa shape index (κ1) is 24.4. The largest absolute Gasteiger partial charge is 0.381 e. The maximum Gasteiger partial charge on any atom is 0.191 e. The van der Waals surface area contributed by atoms with E-state index in [9.17, 15) is 0 Å². The monoisotopic (exact) mass is 548 g/mol. The minimum Gasteiger partial charge on any atom is -0.381 e. The van der Waals surface area contributed by atoms with Crippen molar-refractivity contribution in [1.82, 2.24) is 15.6 Å². The predicted octanol–water partition coefficient (Wildman–Crippen LogP) is 4.78. The summed E-state index contributed by atoms with van der Waals surface area (Å²) in [5.74, 6) is 0.823. The quantitative estimate of drug-likeness (QED) is 0.297. The van der Waals surface area contributed by atoms with E-state index in [-0.39, 0.29) is 29.4 Å². The number of rotatable bonds is 7. The average molecular weight is 549 g/mol. The molecule has 1 aromatic carbocycles. The number of hydrogen-bond acceptors (Lipinski definition) is 4. The van der Waals surface area contributed by atoms with Crippen molar-refractivity contribution in [2.24, 2.45) is 4.99 Å². The van der Waals surface area contributed by atoms with Crippen LogP contribution in [0.5, 0.6) is 0 Å². The van der Waals surface area contributed by atoms with E-state index in [1.54, 1.807) is 11.3 Å². The lowest BCUT2D eigenvalue weighted by atomic mass is 9.74. The number of halogens is 2. The van der Waals surface area contributed by atoms with Crippen LogP contribution in [0.4, 0.5) is 0 Å². The molecule has 160 valence electrons. The molecule has 2 heterocycles. The first-order valence-corrected chi connectivity index (χ1v) is 11.1. The fourth-order valence-corrected chi connectivity index (χ4v) is 4.45. The number of thiazole rings is 1. The summed E-state index contributed by atoms with van der Waals surface area (Å²) < 4.78 is 5.64. The first-order valence-electron chi connectivity index (χ1n) is 9.95. The van der Waals surface area contributed by atoms with E-state index in [0.29, 0.717) is 6.54 Å². The molecular weight excluding hydrogens is 519 g/mol. The summed E-state index contributed by atoms with van der Waals surface area (Å²) in [4.78, 5) is 10.5. The molecule has 0 radical (unpaired) electrons. The number of benzene rings is 1. The van der Waals surface area contributed by atoms with Crippen molar-refractivity contribution in [3.63, 3.8) is 0 Å². The smallest absolute Gasteiger partial charge is 0.191 e. The van der Waals surface area contributed by atoms with Gasteiger partial charge >= 0.3 is 0 Å². The number of aromatic nitrogens is 1. The molecule has 0 spiro atoms. The van der Waals surface area contributed by atoms with Gasteiger partial charge in [0.1, 0.15) is 5.01 Å². The Bertz CT molecular complexity index is 792. The number of hydrogen-bond donors (Lipinski definition) is 2. The second-order valence-electron chi connectivity index (χ2n) is 7.03. The molecule has 0 aliphatic carbocycles. The van der Waals surface area contributed by atoms with E-state index < -0.39 is 0 Å². The van der Waals surface area contributed by atoms with Crippen molar-refractivity contribution in [2.45, 2.75) is 45.1 Å². The van der Waals surface area contributed by atoms with Gasteiger partial charge in [-0.05, 0) is 43.9 Å². The SMILES string of the molecule is CCNC(=NCc1ncc(CC)s1)NCC1(c2cccc(Cl)c2)CCOCC1.I. The highest BCUT2D eigenvalue weighted by Crippen LogP contribution is 2.35. The minimum atomic E-state index is -0.00406. The van der Waals surface area contributed by atoms with Gasteiger partial charge in [-0.25, -0.2) is 9.98 Å². The van der Waals surface area contributed by atoms with Gasteiger partial charge in [0, 0.05) is 47.8 Å². The van der Waals surface area contributed by atoms with Crippen LogP contribution < -0.4 is 10.6 Å². The lowest BCUT2D eigenvalue weighted by Crippen LogP contribution is -2.48. The van der Waals surface area contributed by atoms with E-state index in [1.165, 1.54) is 10.4 Å². The molecule has 3 rings (SSSR count).